The Morgan fingerprint density at radius 1 is 1.21 bits per heavy atom. The summed E-state index contributed by atoms with van der Waals surface area (Å²) in [5, 5.41) is 13.8. The summed E-state index contributed by atoms with van der Waals surface area (Å²) in [6.45, 7) is 2.97. The van der Waals surface area contributed by atoms with Gasteiger partial charge in [-0.2, -0.15) is 11.8 Å². The first kappa shape index (κ1) is 17.7. The van der Waals surface area contributed by atoms with E-state index >= 15 is 0 Å². The van der Waals surface area contributed by atoms with Crippen LogP contribution in [0.15, 0.2) is 0 Å². The highest BCUT2D eigenvalue weighted by Gasteiger charge is 2.23. The lowest BCUT2D eigenvalue weighted by molar-refractivity contribution is -0.142. The molecule has 0 aromatic heterocycles. The van der Waals surface area contributed by atoms with Crippen molar-refractivity contribution in [3.8, 4) is 0 Å². The molecule has 0 aliphatic carbocycles. The third-order valence-corrected chi connectivity index (χ3v) is 3.03. The molecule has 110 valence electrons. The average molecular weight is 291 g/mol. The lowest BCUT2D eigenvalue weighted by Gasteiger charge is -2.19. The van der Waals surface area contributed by atoms with Gasteiger partial charge in [-0.3, -0.25) is 9.59 Å². The summed E-state index contributed by atoms with van der Waals surface area (Å²) in [7, 11) is 0. The SMILES string of the molecule is CSCCC(NC(=O)C(C)NC(=O)C(C)N)C(=O)O. The van der Waals surface area contributed by atoms with E-state index in [1.165, 1.54) is 25.6 Å². The van der Waals surface area contributed by atoms with Gasteiger partial charge in [0.05, 0.1) is 6.04 Å². The minimum atomic E-state index is -1.09. The Morgan fingerprint density at radius 2 is 1.79 bits per heavy atom. The smallest absolute Gasteiger partial charge is 0.326 e. The molecular formula is C11H21N3O4S. The van der Waals surface area contributed by atoms with Crippen LogP contribution in [-0.2, 0) is 14.4 Å². The van der Waals surface area contributed by atoms with Crippen molar-refractivity contribution in [1.29, 1.82) is 0 Å². The second-order valence-electron chi connectivity index (χ2n) is 4.20. The molecule has 5 N–H and O–H groups in total. The van der Waals surface area contributed by atoms with Crippen LogP contribution in [0.1, 0.15) is 20.3 Å². The van der Waals surface area contributed by atoms with Gasteiger partial charge in [0, 0.05) is 0 Å². The van der Waals surface area contributed by atoms with Crippen molar-refractivity contribution in [2.45, 2.75) is 38.4 Å². The molecule has 0 aliphatic heterocycles. The number of aliphatic carboxylic acids is 1. The molecule has 0 aromatic carbocycles. The number of hydrogen-bond acceptors (Lipinski definition) is 5. The molecule has 0 rings (SSSR count). The summed E-state index contributed by atoms with van der Waals surface area (Å²) in [6, 6.07) is -2.49. The van der Waals surface area contributed by atoms with Crippen LogP contribution in [0, 0.1) is 0 Å². The highest BCUT2D eigenvalue weighted by Crippen LogP contribution is 2.01. The number of carbonyl (C=O) groups is 3. The Bertz CT molecular complexity index is 336. The van der Waals surface area contributed by atoms with Gasteiger partial charge in [-0.05, 0) is 32.3 Å². The van der Waals surface area contributed by atoms with E-state index in [-0.39, 0.29) is 0 Å². The summed E-state index contributed by atoms with van der Waals surface area (Å²) in [5.41, 5.74) is 5.36. The first-order chi connectivity index (χ1) is 8.79. The Kier molecular flexibility index (Phi) is 8.17. The summed E-state index contributed by atoms with van der Waals surface area (Å²) in [4.78, 5) is 34.0. The number of amides is 2. The molecule has 0 aromatic rings. The van der Waals surface area contributed by atoms with Crippen molar-refractivity contribution >= 4 is 29.5 Å². The number of thioether (sulfide) groups is 1. The minimum Gasteiger partial charge on any atom is -0.480 e. The fraction of sp³-hybridized carbons (Fsp3) is 0.727. The van der Waals surface area contributed by atoms with Crippen LogP contribution in [-0.4, -0.2) is 53.0 Å². The van der Waals surface area contributed by atoms with Crippen molar-refractivity contribution < 1.29 is 19.5 Å². The molecule has 0 aliphatic rings. The Hall–Kier alpha value is -1.28. The van der Waals surface area contributed by atoms with Crippen LogP contribution in [0.2, 0.25) is 0 Å². The van der Waals surface area contributed by atoms with E-state index in [0.717, 1.165) is 0 Å². The number of nitrogens with two attached hydrogens (primary N) is 1. The van der Waals surface area contributed by atoms with Gasteiger partial charge >= 0.3 is 5.97 Å². The van der Waals surface area contributed by atoms with Crippen molar-refractivity contribution in [1.82, 2.24) is 10.6 Å². The largest absolute Gasteiger partial charge is 0.480 e. The summed E-state index contributed by atoms with van der Waals surface area (Å²) < 4.78 is 0. The number of carboxylic acid groups (broad SMARTS) is 1. The van der Waals surface area contributed by atoms with E-state index in [0.29, 0.717) is 12.2 Å². The van der Waals surface area contributed by atoms with Gasteiger partial charge in [-0.1, -0.05) is 0 Å². The topological polar surface area (TPSA) is 122 Å². The zero-order valence-electron chi connectivity index (χ0n) is 11.3. The second kappa shape index (κ2) is 8.76. The third kappa shape index (κ3) is 7.02. The van der Waals surface area contributed by atoms with Crippen LogP contribution in [0.25, 0.3) is 0 Å². The van der Waals surface area contributed by atoms with Crippen molar-refractivity contribution in [2.75, 3.05) is 12.0 Å². The number of carboxylic acids is 1. The van der Waals surface area contributed by atoms with E-state index in [2.05, 4.69) is 10.6 Å². The van der Waals surface area contributed by atoms with Gasteiger partial charge in [0.15, 0.2) is 0 Å². The van der Waals surface area contributed by atoms with E-state index in [1.54, 1.807) is 0 Å². The third-order valence-electron chi connectivity index (χ3n) is 2.39. The average Bonchev–Trinajstić information content (AvgIpc) is 2.33. The fourth-order valence-electron chi connectivity index (χ4n) is 1.20. The predicted molar refractivity (Wildman–Crippen MR) is 73.8 cm³/mol. The zero-order chi connectivity index (χ0) is 15.0. The molecule has 0 bridgehead atoms. The zero-order valence-corrected chi connectivity index (χ0v) is 12.1. The maximum absolute atomic E-state index is 11.7. The van der Waals surface area contributed by atoms with Gasteiger partial charge in [0.25, 0.3) is 0 Å². The summed E-state index contributed by atoms with van der Waals surface area (Å²) in [5.74, 6) is -1.47. The predicted octanol–water partition coefficient (Wildman–Crippen LogP) is -0.839. The molecular weight excluding hydrogens is 270 g/mol. The van der Waals surface area contributed by atoms with Gasteiger partial charge in [0.1, 0.15) is 12.1 Å². The fourth-order valence-corrected chi connectivity index (χ4v) is 1.67. The highest BCUT2D eigenvalue weighted by atomic mass is 32.2. The highest BCUT2D eigenvalue weighted by molar-refractivity contribution is 7.98. The molecule has 0 saturated heterocycles. The standard InChI is InChI=1S/C11H21N3O4S/c1-6(12)9(15)13-7(2)10(16)14-8(11(17)18)4-5-19-3/h6-8H,4-5,12H2,1-3H3,(H,13,15)(H,14,16)(H,17,18). The van der Waals surface area contributed by atoms with E-state index in [9.17, 15) is 14.4 Å². The van der Waals surface area contributed by atoms with Crippen LogP contribution >= 0.6 is 11.8 Å². The van der Waals surface area contributed by atoms with E-state index < -0.39 is 35.9 Å². The number of rotatable bonds is 8. The van der Waals surface area contributed by atoms with E-state index in [4.69, 9.17) is 10.8 Å². The molecule has 19 heavy (non-hydrogen) atoms. The quantitative estimate of drug-likeness (QED) is 0.463. The normalized spacial score (nSPS) is 15.2. The molecule has 7 nitrogen and oxygen atoms in total. The Balaban J connectivity index is 4.38. The minimum absolute atomic E-state index is 0.330. The summed E-state index contributed by atoms with van der Waals surface area (Å²) >= 11 is 1.50. The first-order valence-corrected chi connectivity index (χ1v) is 7.27. The molecule has 2 amide bonds. The molecule has 0 fully saturated rings. The van der Waals surface area contributed by atoms with E-state index in [1.807, 2.05) is 6.26 Å². The van der Waals surface area contributed by atoms with Crippen LogP contribution < -0.4 is 16.4 Å². The van der Waals surface area contributed by atoms with Crippen molar-refractivity contribution in [3.05, 3.63) is 0 Å². The second-order valence-corrected chi connectivity index (χ2v) is 5.19. The molecule has 8 heteroatoms. The molecule has 0 saturated carbocycles. The molecule has 3 atom stereocenters. The maximum Gasteiger partial charge on any atom is 0.326 e. The van der Waals surface area contributed by atoms with Crippen LogP contribution in [0.4, 0.5) is 0 Å². The maximum atomic E-state index is 11.7. The van der Waals surface area contributed by atoms with Gasteiger partial charge in [0.2, 0.25) is 11.8 Å². The number of nitrogens with one attached hydrogen (secondary N) is 2. The summed E-state index contributed by atoms with van der Waals surface area (Å²) in [6.07, 6.45) is 2.18. The Morgan fingerprint density at radius 3 is 2.21 bits per heavy atom. The number of carbonyl (C=O) groups excluding carboxylic acids is 2. The lowest BCUT2D eigenvalue weighted by atomic mass is 10.2. The Labute approximate surface area is 116 Å². The van der Waals surface area contributed by atoms with Gasteiger partial charge < -0.3 is 21.5 Å². The van der Waals surface area contributed by atoms with Crippen molar-refractivity contribution in [3.63, 3.8) is 0 Å². The lowest BCUT2D eigenvalue weighted by Crippen LogP contribution is -2.52. The monoisotopic (exact) mass is 291 g/mol. The van der Waals surface area contributed by atoms with Gasteiger partial charge in [-0.15, -0.1) is 0 Å². The molecule has 0 spiro atoms. The molecule has 3 unspecified atom stereocenters. The molecule has 0 heterocycles. The van der Waals surface area contributed by atoms with Crippen LogP contribution in [0.3, 0.4) is 0 Å². The van der Waals surface area contributed by atoms with Crippen LogP contribution in [0.5, 0.6) is 0 Å². The van der Waals surface area contributed by atoms with Gasteiger partial charge in [-0.25, -0.2) is 4.79 Å². The first-order valence-electron chi connectivity index (χ1n) is 5.87. The number of hydrogen-bond donors (Lipinski definition) is 4. The van der Waals surface area contributed by atoms with Crippen molar-refractivity contribution in [2.24, 2.45) is 5.73 Å². The molecule has 0 radical (unpaired) electrons.